The predicted octanol–water partition coefficient (Wildman–Crippen LogP) is 6.43. The van der Waals surface area contributed by atoms with E-state index >= 15 is 0 Å². The molecule has 3 rings (SSSR count). The Morgan fingerprint density at radius 2 is 1.86 bits per heavy atom. The fourth-order valence-corrected chi connectivity index (χ4v) is 4.05. The second-order valence-corrected chi connectivity index (χ2v) is 9.44. The zero-order chi connectivity index (χ0) is 25.3. The monoisotopic (exact) mass is 471 g/mol. The molecule has 184 valence electrons. The van der Waals surface area contributed by atoms with Crippen LogP contribution in [0.15, 0.2) is 76.8 Å². The van der Waals surface area contributed by atoms with E-state index in [1.807, 2.05) is 25.1 Å². The lowest BCUT2D eigenvalue weighted by Crippen LogP contribution is -2.31. The number of amides is 1. The summed E-state index contributed by atoms with van der Waals surface area (Å²) < 4.78 is 5.82. The molecule has 1 amide bonds. The van der Waals surface area contributed by atoms with Gasteiger partial charge >= 0.3 is 0 Å². The average Bonchev–Trinajstić information content (AvgIpc) is 3.29. The third-order valence-electron chi connectivity index (χ3n) is 5.99. The van der Waals surface area contributed by atoms with Gasteiger partial charge < -0.3 is 10.1 Å². The number of hydrogen-bond donors (Lipinski definition) is 1. The number of aromatic nitrogens is 1. The standard InChI is InChI=1S/C30H37N3O2/c1-22(2)8-6-9-23(3)14-19-35-27-12-10-26(11-13-27)29(34)31-18-16-30(15-7-17-32-30)28-21-24(4)20-25(5)33-28/h7-8,10-15,17,20-21H,6,9,16,18-19H2,1-5H3,(H,31,34). The van der Waals surface area contributed by atoms with Gasteiger partial charge in [-0.05, 0) is 114 Å². The molecule has 2 aromatic rings. The molecule has 35 heavy (non-hydrogen) atoms. The molecule has 2 heterocycles. The Labute approximate surface area is 209 Å². The first kappa shape index (κ1) is 26.1. The number of nitrogens with one attached hydrogen (secondary N) is 1. The molecule has 0 radical (unpaired) electrons. The van der Waals surface area contributed by atoms with Crippen LogP contribution in [0.3, 0.4) is 0 Å². The van der Waals surface area contributed by atoms with Gasteiger partial charge in [-0.2, -0.15) is 0 Å². The van der Waals surface area contributed by atoms with Crippen molar-refractivity contribution < 1.29 is 9.53 Å². The number of benzene rings is 1. The van der Waals surface area contributed by atoms with Crippen molar-refractivity contribution in [2.75, 3.05) is 13.2 Å². The Morgan fingerprint density at radius 1 is 1.09 bits per heavy atom. The van der Waals surface area contributed by atoms with Crippen molar-refractivity contribution in [2.24, 2.45) is 4.99 Å². The van der Waals surface area contributed by atoms with Crippen LogP contribution in [0.4, 0.5) is 0 Å². The molecule has 0 aliphatic carbocycles. The molecule has 1 unspecified atom stereocenters. The van der Waals surface area contributed by atoms with Gasteiger partial charge in [0.05, 0.1) is 5.69 Å². The summed E-state index contributed by atoms with van der Waals surface area (Å²) in [7, 11) is 0. The minimum absolute atomic E-state index is 0.110. The average molecular weight is 472 g/mol. The molecule has 5 heteroatoms. The Bertz CT molecular complexity index is 1100. The van der Waals surface area contributed by atoms with Crippen molar-refractivity contribution in [3.63, 3.8) is 0 Å². The summed E-state index contributed by atoms with van der Waals surface area (Å²) >= 11 is 0. The van der Waals surface area contributed by atoms with Gasteiger partial charge in [-0.1, -0.05) is 17.2 Å². The van der Waals surface area contributed by atoms with Crippen molar-refractivity contribution in [2.45, 2.75) is 59.4 Å². The highest BCUT2D eigenvalue weighted by Gasteiger charge is 2.32. The Balaban J connectivity index is 1.50. The van der Waals surface area contributed by atoms with Gasteiger partial charge in [-0.15, -0.1) is 0 Å². The lowest BCUT2D eigenvalue weighted by molar-refractivity contribution is 0.0951. The molecule has 0 bridgehead atoms. The van der Waals surface area contributed by atoms with E-state index in [0.717, 1.165) is 35.5 Å². The van der Waals surface area contributed by atoms with Crippen LogP contribution in [0.5, 0.6) is 5.75 Å². The largest absolute Gasteiger partial charge is 0.490 e. The van der Waals surface area contributed by atoms with Gasteiger partial charge in [-0.25, -0.2) is 0 Å². The number of aliphatic imine (C=N–C) groups is 1. The highest BCUT2D eigenvalue weighted by Crippen LogP contribution is 2.33. The number of rotatable bonds is 11. The van der Waals surface area contributed by atoms with Gasteiger partial charge in [0.1, 0.15) is 17.9 Å². The van der Waals surface area contributed by atoms with Crippen LogP contribution >= 0.6 is 0 Å². The van der Waals surface area contributed by atoms with Crippen molar-refractivity contribution in [1.29, 1.82) is 0 Å². The lowest BCUT2D eigenvalue weighted by Gasteiger charge is -2.24. The maximum Gasteiger partial charge on any atom is 0.251 e. The Kier molecular flexibility index (Phi) is 9.18. The normalized spacial score (nSPS) is 16.9. The summed E-state index contributed by atoms with van der Waals surface area (Å²) in [6.07, 6.45) is 12.9. The van der Waals surface area contributed by atoms with Gasteiger partial charge in [0.15, 0.2) is 0 Å². The number of aryl methyl sites for hydroxylation is 2. The highest BCUT2D eigenvalue weighted by molar-refractivity contribution is 5.94. The van der Waals surface area contributed by atoms with E-state index in [0.29, 0.717) is 25.1 Å². The number of ether oxygens (including phenoxy) is 1. The van der Waals surface area contributed by atoms with E-state index in [4.69, 9.17) is 14.7 Å². The Morgan fingerprint density at radius 3 is 2.51 bits per heavy atom. The molecular formula is C30H37N3O2. The molecule has 1 N–H and O–H groups in total. The predicted molar refractivity (Wildman–Crippen MR) is 144 cm³/mol. The smallest absolute Gasteiger partial charge is 0.251 e. The van der Waals surface area contributed by atoms with E-state index in [9.17, 15) is 4.79 Å². The molecule has 1 aromatic heterocycles. The molecule has 0 saturated carbocycles. The van der Waals surface area contributed by atoms with E-state index in [-0.39, 0.29) is 5.91 Å². The maximum atomic E-state index is 12.7. The number of carbonyl (C=O) groups is 1. The summed E-state index contributed by atoms with van der Waals surface area (Å²) in [4.78, 5) is 22.1. The maximum absolute atomic E-state index is 12.7. The quantitative estimate of drug-likeness (QED) is 0.384. The summed E-state index contributed by atoms with van der Waals surface area (Å²) in [5, 5.41) is 3.03. The van der Waals surface area contributed by atoms with Crippen molar-refractivity contribution in [1.82, 2.24) is 10.3 Å². The minimum Gasteiger partial charge on any atom is -0.490 e. The lowest BCUT2D eigenvalue weighted by atomic mass is 9.91. The number of pyridine rings is 1. The van der Waals surface area contributed by atoms with Gasteiger partial charge in [0.2, 0.25) is 0 Å². The molecule has 1 aliphatic rings. The minimum atomic E-state index is -0.529. The summed E-state index contributed by atoms with van der Waals surface area (Å²) in [5.41, 5.74) is 5.78. The number of allylic oxidation sites excluding steroid dienone is 4. The molecule has 0 spiro atoms. The summed E-state index contributed by atoms with van der Waals surface area (Å²) in [5.74, 6) is 0.640. The zero-order valence-corrected chi connectivity index (χ0v) is 21.6. The molecule has 0 fully saturated rings. The van der Waals surface area contributed by atoms with Gasteiger partial charge in [0, 0.05) is 24.0 Å². The van der Waals surface area contributed by atoms with Crippen LogP contribution in [-0.2, 0) is 5.54 Å². The first-order valence-corrected chi connectivity index (χ1v) is 12.3. The van der Waals surface area contributed by atoms with Gasteiger partial charge in [0.25, 0.3) is 5.91 Å². The highest BCUT2D eigenvalue weighted by atomic mass is 16.5. The van der Waals surface area contributed by atoms with Crippen LogP contribution in [0.25, 0.3) is 0 Å². The second-order valence-electron chi connectivity index (χ2n) is 9.44. The zero-order valence-electron chi connectivity index (χ0n) is 21.6. The van der Waals surface area contributed by atoms with Crippen LogP contribution < -0.4 is 10.1 Å². The summed E-state index contributed by atoms with van der Waals surface area (Å²) in [6, 6.07) is 11.4. The third-order valence-corrected chi connectivity index (χ3v) is 5.99. The molecular weight excluding hydrogens is 434 g/mol. The van der Waals surface area contributed by atoms with Crippen LogP contribution in [-0.4, -0.2) is 30.3 Å². The molecule has 1 aromatic carbocycles. The molecule has 0 saturated heterocycles. The van der Waals surface area contributed by atoms with E-state index < -0.39 is 5.54 Å². The number of hydrogen-bond acceptors (Lipinski definition) is 4. The van der Waals surface area contributed by atoms with Crippen molar-refractivity contribution >= 4 is 12.1 Å². The van der Waals surface area contributed by atoms with Crippen molar-refractivity contribution in [3.05, 3.63) is 94.4 Å². The van der Waals surface area contributed by atoms with Crippen LogP contribution in [0, 0.1) is 13.8 Å². The molecule has 1 aliphatic heterocycles. The number of nitrogens with zero attached hydrogens (tertiary/aromatic N) is 2. The second kappa shape index (κ2) is 12.3. The molecule has 5 nitrogen and oxygen atoms in total. The third kappa shape index (κ3) is 7.78. The first-order valence-electron chi connectivity index (χ1n) is 12.3. The van der Waals surface area contributed by atoms with Crippen molar-refractivity contribution in [3.8, 4) is 5.75 Å². The van der Waals surface area contributed by atoms with E-state index in [1.54, 1.807) is 18.3 Å². The Hall–Kier alpha value is -3.47. The van der Waals surface area contributed by atoms with Crippen LogP contribution in [0.1, 0.15) is 67.3 Å². The fourth-order valence-electron chi connectivity index (χ4n) is 4.05. The topological polar surface area (TPSA) is 63.6 Å². The summed E-state index contributed by atoms with van der Waals surface area (Å²) in [6.45, 7) is 11.4. The molecule has 1 atom stereocenters. The number of carbonyl (C=O) groups excluding carboxylic acids is 1. The van der Waals surface area contributed by atoms with E-state index in [1.165, 1.54) is 11.1 Å². The first-order chi connectivity index (χ1) is 16.8. The fraction of sp³-hybridized carbons (Fsp3) is 0.367. The van der Waals surface area contributed by atoms with E-state index in [2.05, 4.69) is 63.4 Å². The SMILES string of the molecule is CC(C)=CCCC(C)=CCOc1ccc(C(=O)NCCC2(c3cc(C)cc(C)n3)C=CC=N2)cc1. The van der Waals surface area contributed by atoms with Crippen LogP contribution in [0.2, 0.25) is 0 Å². The van der Waals surface area contributed by atoms with Gasteiger partial charge in [-0.3, -0.25) is 14.8 Å².